The van der Waals surface area contributed by atoms with Gasteiger partial charge in [-0.2, -0.15) is 13.2 Å². The average molecular weight is 510 g/mol. The van der Waals surface area contributed by atoms with Gasteiger partial charge >= 0.3 is 12.3 Å². The Balaban J connectivity index is 1.77. The Hall–Kier alpha value is -3.15. The van der Waals surface area contributed by atoms with Crippen LogP contribution in [-0.4, -0.2) is 48.8 Å². The predicted molar refractivity (Wildman–Crippen MR) is 126 cm³/mol. The van der Waals surface area contributed by atoms with Gasteiger partial charge < -0.3 is 14.3 Å². The summed E-state index contributed by atoms with van der Waals surface area (Å²) in [6.45, 7) is 5.14. The van der Waals surface area contributed by atoms with Crippen molar-refractivity contribution in [1.29, 1.82) is 0 Å². The molecule has 4 rings (SSSR count). The van der Waals surface area contributed by atoms with E-state index in [9.17, 15) is 22.8 Å². The molecule has 2 atom stereocenters. The van der Waals surface area contributed by atoms with E-state index in [1.165, 1.54) is 11.1 Å². The van der Waals surface area contributed by atoms with Gasteiger partial charge in [-0.1, -0.05) is 6.07 Å². The van der Waals surface area contributed by atoms with Crippen molar-refractivity contribution in [1.82, 2.24) is 24.4 Å². The van der Waals surface area contributed by atoms with Crippen LogP contribution in [0.1, 0.15) is 50.9 Å². The largest absolute Gasteiger partial charge is 0.444 e. The second-order valence-electron chi connectivity index (χ2n) is 9.58. The third-order valence-corrected chi connectivity index (χ3v) is 6.29. The van der Waals surface area contributed by atoms with Crippen LogP contribution in [0.3, 0.4) is 0 Å². The van der Waals surface area contributed by atoms with E-state index in [1.54, 1.807) is 49.7 Å². The number of ether oxygens (including phenoxy) is 1. The molecule has 0 aliphatic carbocycles. The Bertz CT molecular complexity index is 1360. The predicted octanol–water partition coefficient (Wildman–Crippen LogP) is 5.08. The van der Waals surface area contributed by atoms with Crippen LogP contribution in [0.2, 0.25) is 0 Å². The van der Waals surface area contributed by atoms with Crippen molar-refractivity contribution < 1.29 is 22.7 Å². The van der Waals surface area contributed by atoms with Gasteiger partial charge in [-0.25, -0.2) is 4.79 Å². The van der Waals surface area contributed by atoms with E-state index in [1.807, 2.05) is 0 Å². The number of carbonyl (C=O) groups is 1. The molecule has 8 nitrogen and oxygen atoms in total. The van der Waals surface area contributed by atoms with Gasteiger partial charge in [0.2, 0.25) is 0 Å². The minimum Gasteiger partial charge on any atom is -0.444 e. The van der Waals surface area contributed by atoms with Crippen molar-refractivity contribution in [3.63, 3.8) is 0 Å². The number of nitrogens with one attached hydrogen (secondary N) is 2. The Kier molecular flexibility index (Phi) is 6.52. The average Bonchev–Trinajstić information content (AvgIpc) is 3.25. The molecule has 3 aromatic rings. The van der Waals surface area contributed by atoms with Gasteiger partial charge in [0, 0.05) is 18.9 Å². The second-order valence-corrected chi connectivity index (χ2v) is 9.97. The summed E-state index contributed by atoms with van der Waals surface area (Å²) in [6.07, 6.45) is -2.53. The number of H-pyrrole nitrogens is 2. The smallest absolute Gasteiger partial charge is 0.410 e. The van der Waals surface area contributed by atoms with Crippen LogP contribution in [-0.2, 0) is 11.3 Å². The summed E-state index contributed by atoms with van der Waals surface area (Å²) in [5.74, 6) is -1.58. The molecule has 1 fully saturated rings. The van der Waals surface area contributed by atoms with Gasteiger partial charge in [-0.05, 0) is 63.5 Å². The third-order valence-electron chi connectivity index (χ3n) is 5.97. The van der Waals surface area contributed by atoms with E-state index in [0.29, 0.717) is 22.3 Å². The lowest BCUT2D eigenvalue weighted by Crippen LogP contribution is -2.46. The Morgan fingerprint density at radius 1 is 1.29 bits per heavy atom. The first-order valence-corrected chi connectivity index (χ1v) is 11.6. The number of halogens is 3. The Labute approximate surface area is 204 Å². The van der Waals surface area contributed by atoms with Crippen LogP contribution in [0.5, 0.6) is 0 Å². The highest BCUT2D eigenvalue weighted by atomic mass is 32.1. The molecule has 1 saturated heterocycles. The Morgan fingerprint density at radius 3 is 2.71 bits per heavy atom. The summed E-state index contributed by atoms with van der Waals surface area (Å²) in [6, 6.07) is 4.16. The van der Waals surface area contributed by atoms with E-state index in [4.69, 9.17) is 17.0 Å². The summed E-state index contributed by atoms with van der Waals surface area (Å²) in [5.41, 5.74) is 0.625. The fraction of sp³-hybridized carbons (Fsp3) is 0.478. The molecule has 0 saturated carbocycles. The van der Waals surface area contributed by atoms with E-state index in [-0.39, 0.29) is 36.3 Å². The minimum atomic E-state index is -4.40. The summed E-state index contributed by atoms with van der Waals surface area (Å²) in [7, 11) is 0. The van der Waals surface area contributed by atoms with Crippen molar-refractivity contribution >= 4 is 29.3 Å². The normalized spacial score (nSPS) is 19.2. The molecular formula is C23H26F3N5O3S. The molecule has 3 aromatic heterocycles. The molecule has 1 aliphatic heterocycles. The summed E-state index contributed by atoms with van der Waals surface area (Å²) in [5, 5.41) is 0. The van der Waals surface area contributed by atoms with Crippen LogP contribution >= 0.6 is 12.2 Å². The second kappa shape index (κ2) is 9.14. The highest BCUT2D eigenvalue weighted by Crippen LogP contribution is 2.43. The highest BCUT2D eigenvalue weighted by Gasteiger charge is 2.47. The van der Waals surface area contributed by atoms with Crippen LogP contribution in [0.15, 0.2) is 35.4 Å². The molecule has 12 heteroatoms. The van der Waals surface area contributed by atoms with Crippen LogP contribution < -0.4 is 5.56 Å². The maximum atomic E-state index is 13.7. The van der Waals surface area contributed by atoms with Crippen LogP contribution in [0, 0.1) is 10.7 Å². The first-order valence-electron chi connectivity index (χ1n) is 11.2. The van der Waals surface area contributed by atoms with E-state index >= 15 is 0 Å². The molecule has 2 N–H and O–H groups in total. The fourth-order valence-corrected chi connectivity index (χ4v) is 4.63. The molecule has 4 heterocycles. The number of hydrogen-bond acceptors (Lipinski definition) is 5. The SMILES string of the molecule is CC(C)(C)OC(=O)N1CCC(C(F)(F)F)CC1c1ncccc1Cn1c(=S)[nH]c(=O)c2[nH]ccc21. The first-order chi connectivity index (χ1) is 16.3. The molecule has 35 heavy (non-hydrogen) atoms. The van der Waals surface area contributed by atoms with Gasteiger partial charge in [0.25, 0.3) is 5.56 Å². The Morgan fingerprint density at radius 2 is 2.03 bits per heavy atom. The maximum absolute atomic E-state index is 13.7. The number of piperidine rings is 1. The zero-order chi connectivity index (χ0) is 25.5. The summed E-state index contributed by atoms with van der Waals surface area (Å²) < 4.78 is 48.4. The fourth-order valence-electron chi connectivity index (χ4n) is 4.38. The summed E-state index contributed by atoms with van der Waals surface area (Å²) >= 11 is 5.36. The van der Waals surface area contributed by atoms with Gasteiger partial charge in [0.05, 0.1) is 29.7 Å². The van der Waals surface area contributed by atoms with E-state index in [2.05, 4.69) is 15.0 Å². The number of amides is 1. The van der Waals surface area contributed by atoms with Crippen molar-refractivity contribution in [3.05, 3.63) is 57.0 Å². The number of carbonyl (C=O) groups excluding carboxylic acids is 1. The van der Waals surface area contributed by atoms with Crippen molar-refractivity contribution in [2.24, 2.45) is 5.92 Å². The molecule has 0 aromatic carbocycles. The maximum Gasteiger partial charge on any atom is 0.410 e. The minimum absolute atomic E-state index is 0.111. The number of hydrogen-bond donors (Lipinski definition) is 2. The molecule has 0 spiro atoms. The third kappa shape index (κ3) is 5.26. The standard InChI is InChI=1S/C23H26F3N5O3S/c1-22(2,3)34-21(33)30-10-7-14(23(24,25)26)11-16(30)17-13(5-4-8-27-17)12-31-15-6-9-28-18(15)19(32)29-20(31)35/h4-6,8-9,14,16,28H,7,10-12H2,1-3H3,(H,29,32,35). The number of fused-ring (bicyclic) bond motifs is 1. The molecular weight excluding hydrogens is 483 g/mol. The number of likely N-dealkylation sites (tertiary alicyclic amines) is 1. The zero-order valence-corrected chi connectivity index (χ0v) is 20.3. The van der Waals surface area contributed by atoms with E-state index < -0.39 is 29.8 Å². The number of rotatable bonds is 3. The number of pyridine rings is 1. The molecule has 1 aliphatic rings. The van der Waals surface area contributed by atoms with Crippen molar-refractivity contribution in [3.8, 4) is 0 Å². The van der Waals surface area contributed by atoms with Gasteiger partial charge in [0.15, 0.2) is 4.77 Å². The van der Waals surface area contributed by atoms with Gasteiger partial charge in [-0.3, -0.25) is 19.7 Å². The topological polar surface area (TPSA) is 96.0 Å². The lowest BCUT2D eigenvalue weighted by Gasteiger charge is -2.40. The molecule has 1 amide bonds. The lowest BCUT2D eigenvalue weighted by molar-refractivity contribution is -0.189. The molecule has 0 bridgehead atoms. The number of aromatic nitrogens is 4. The van der Waals surface area contributed by atoms with Crippen molar-refractivity contribution in [2.45, 2.75) is 58.0 Å². The zero-order valence-electron chi connectivity index (χ0n) is 19.5. The lowest BCUT2D eigenvalue weighted by atomic mass is 9.87. The molecule has 2 unspecified atom stereocenters. The first kappa shape index (κ1) is 25.0. The van der Waals surface area contributed by atoms with Crippen molar-refractivity contribution in [2.75, 3.05) is 6.54 Å². The van der Waals surface area contributed by atoms with Crippen LogP contribution in [0.4, 0.5) is 18.0 Å². The van der Waals surface area contributed by atoms with Gasteiger partial charge in [0.1, 0.15) is 11.1 Å². The molecule has 0 radical (unpaired) electrons. The van der Waals surface area contributed by atoms with E-state index in [0.717, 1.165) is 0 Å². The summed E-state index contributed by atoms with van der Waals surface area (Å²) in [4.78, 5) is 36.4. The van der Waals surface area contributed by atoms with Gasteiger partial charge in [-0.15, -0.1) is 0 Å². The highest BCUT2D eigenvalue weighted by molar-refractivity contribution is 7.71. The quantitative estimate of drug-likeness (QED) is 0.480. The monoisotopic (exact) mass is 509 g/mol. The van der Waals surface area contributed by atoms with Crippen LogP contribution in [0.25, 0.3) is 11.0 Å². The molecule has 188 valence electrons. The number of aromatic amines is 2. The number of alkyl halides is 3. The number of nitrogens with zero attached hydrogens (tertiary/aromatic N) is 3.